The van der Waals surface area contributed by atoms with Crippen LogP contribution in [0.3, 0.4) is 0 Å². The smallest absolute Gasteiger partial charge is 0.220 e. The van der Waals surface area contributed by atoms with Crippen molar-refractivity contribution in [3.8, 4) is 0 Å². The Hall–Kier alpha value is -3.47. The second-order valence-electron chi connectivity index (χ2n) is 11.9. The van der Waals surface area contributed by atoms with E-state index in [1.807, 2.05) is 6.08 Å². The molecule has 0 aromatic carbocycles. The molecule has 1 amide bonds. The number of carbonyl (C=O) groups excluding carboxylic acids is 1. The summed E-state index contributed by atoms with van der Waals surface area (Å²) in [5, 5.41) is 22.4. The quantitative estimate of drug-likeness (QED) is 0.0507. The molecular weight excluding hydrogens is 602 g/mol. The lowest BCUT2D eigenvalue weighted by molar-refractivity contribution is -0.123. The van der Waals surface area contributed by atoms with Crippen molar-refractivity contribution in [2.45, 2.75) is 135 Å². The molecule has 0 spiro atoms. The summed E-state index contributed by atoms with van der Waals surface area (Å²) in [6.45, 7) is 4.00. The molecule has 0 radical (unpaired) electrons. The van der Waals surface area contributed by atoms with Gasteiger partial charge in [-0.15, -0.1) is 0 Å². The minimum atomic E-state index is -0.862. The molecule has 0 saturated heterocycles. The molecule has 4 heteroatoms. The SMILES string of the molecule is CC/C=C\C/C=C\C/C=C\C/C=C\C/C=C\C/C=C\C/C=C\C/C=C\C/C=C\C/C=C\CCCCC(=O)NC(CO)C(O)/C=C/CCCC. The lowest BCUT2D eigenvalue weighted by Crippen LogP contribution is -2.45. The molecule has 0 aliphatic rings. The van der Waals surface area contributed by atoms with E-state index < -0.39 is 12.1 Å². The Kier molecular flexibility index (Phi) is 36.2. The number of unbranched alkanes of at least 4 members (excludes halogenated alkanes) is 4. The fourth-order valence-electron chi connectivity index (χ4n) is 4.48. The summed E-state index contributed by atoms with van der Waals surface area (Å²) in [5.74, 6) is -0.125. The zero-order valence-electron chi connectivity index (χ0n) is 30.9. The van der Waals surface area contributed by atoms with E-state index in [0.29, 0.717) is 6.42 Å². The molecule has 0 heterocycles. The van der Waals surface area contributed by atoms with Gasteiger partial charge in [0.25, 0.3) is 0 Å². The van der Waals surface area contributed by atoms with Crippen molar-refractivity contribution in [1.29, 1.82) is 0 Å². The molecule has 0 aliphatic heterocycles. The Balaban J connectivity index is 3.74. The van der Waals surface area contributed by atoms with Crippen LogP contribution in [0.2, 0.25) is 0 Å². The Labute approximate surface area is 301 Å². The van der Waals surface area contributed by atoms with Gasteiger partial charge in [0.2, 0.25) is 5.91 Å². The molecule has 2 atom stereocenters. The van der Waals surface area contributed by atoms with Crippen LogP contribution in [-0.4, -0.2) is 34.9 Å². The van der Waals surface area contributed by atoms with Gasteiger partial charge in [-0.2, -0.15) is 0 Å². The lowest BCUT2D eigenvalue weighted by Gasteiger charge is -2.19. The summed E-state index contributed by atoms with van der Waals surface area (Å²) in [4.78, 5) is 12.2. The van der Waals surface area contributed by atoms with Crippen LogP contribution in [0.5, 0.6) is 0 Å². The van der Waals surface area contributed by atoms with Gasteiger partial charge >= 0.3 is 0 Å². The topological polar surface area (TPSA) is 69.6 Å². The maximum atomic E-state index is 12.2. The van der Waals surface area contributed by atoms with Gasteiger partial charge in [-0.3, -0.25) is 4.79 Å². The first-order chi connectivity index (χ1) is 24.2. The van der Waals surface area contributed by atoms with E-state index in [1.165, 1.54) is 0 Å². The molecule has 3 N–H and O–H groups in total. The van der Waals surface area contributed by atoms with Crippen LogP contribution in [0.15, 0.2) is 134 Å². The maximum absolute atomic E-state index is 12.2. The van der Waals surface area contributed by atoms with E-state index in [-0.39, 0.29) is 12.5 Å². The third-order valence-electron chi connectivity index (χ3n) is 7.39. The van der Waals surface area contributed by atoms with Gasteiger partial charge in [0.15, 0.2) is 0 Å². The molecule has 272 valence electrons. The normalized spacial score (nSPS) is 14.6. The summed E-state index contributed by atoms with van der Waals surface area (Å²) in [7, 11) is 0. The fourth-order valence-corrected chi connectivity index (χ4v) is 4.48. The standard InChI is InChI=1S/C45H69NO3/c1-3-5-7-9-10-11-12-13-14-15-16-17-18-19-20-21-22-23-24-25-26-27-28-29-30-31-32-33-34-35-36-37-39-41-45(49)46-43(42-47)44(48)40-38-8-6-4-2/h5,7,10-11,13-14,16-17,19-20,22-23,25-26,28-29,31-32,34-35,38,40,43-44,47-48H,3-4,6,8-9,12,15,18,21,24,27,30,33,36-37,39,41-42H2,1-2H3,(H,46,49)/b7-5-,11-10-,14-13-,17-16-,20-19-,23-22-,26-25-,29-28-,32-31-,35-34-,40-38+. The molecule has 0 rings (SSSR count). The van der Waals surface area contributed by atoms with Gasteiger partial charge in [-0.1, -0.05) is 160 Å². The zero-order chi connectivity index (χ0) is 35.7. The van der Waals surface area contributed by atoms with Crippen LogP contribution in [-0.2, 0) is 4.79 Å². The highest BCUT2D eigenvalue weighted by Crippen LogP contribution is 2.05. The van der Waals surface area contributed by atoms with Crippen molar-refractivity contribution in [3.05, 3.63) is 134 Å². The number of nitrogens with one attached hydrogen (secondary N) is 1. The van der Waals surface area contributed by atoms with E-state index in [9.17, 15) is 15.0 Å². The third kappa shape index (κ3) is 35.7. The predicted molar refractivity (Wildman–Crippen MR) is 215 cm³/mol. The van der Waals surface area contributed by atoms with E-state index in [0.717, 1.165) is 103 Å². The number of amides is 1. The predicted octanol–water partition coefficient (Wildman–Crippen LogP) is 11.6. The molecule has 0 aromatic rings. The first-order valence-electron chi connectivity index (χ1n) is 18.9. The Morgan fingerprint density at radius 2 is 0.878 bits per heavy atom. The van der Waals surface area contributed by atoms with Gasteiger partial charge in [0.05, 0.1) is 18.8 Å². The second kappa shape index (κ2) is 39.0. The number of hydrogen-bond donors (Lipinski definition) is 3. The number of aliphatic hydroxyl groups excluding tert-OH is 2. The van der Waals surface area contributed by atoms with Crippen LogP contribution in [0.1, 0.15) is 123 Å². The summed E-state index contributed by atoms with van der Waals surface area (Å²) in [5.41, 5.74) is 0. The van der Waals surface area contributed by atoms with Crippen molar-refractivity contribution in [1.82, 2.24) is 5.32 Å². The number of carbonyl (C=O) groups is 1. The highest BCUT2D eigenvalue weighted by molar-refractivity contribution is 5.76. The number of hydrogen-bond acceptors (Lipinski definition) is 3. The molecule has 0 aliphatic carbocycles. The van der Waals surface area contributed by atoms with Gasteiger partial charge < -0.3 is 15.5 Å². The van der Waals surface area contributed by atoms with E-state index in [1.54, 1.807) is 6.08 Å². The average Bonchev–Trinajstić information content (AvgIpc) is 3.11. The van der Waals surface area contributed by atoms with Crippen LogP contribution in [0, 0.1) is 0 Å². The van der Waals surface area contributed by atoms with Gasteiger partial charge in [0.1, 0.15) is 0 Å². The van der Waals surface area contributed by atoms with Crippen molar-refractivity contribution < 1.29 is 15.0 Å². The first-order valence-corrected chi connectivity index (χ1v) is 18.9. The minimum Gasteiger partial charge on any atom is -0.394 e. The molecule has 0 aromatic heterocycles. The Morgan fingerprint density at radius 1 is 0.510 bits per heavy atom. The summed E-state index contributed by atoms with van der Waals surface area (Å²) < 4.78 is 0. The van der Waals surface area contributed by atoms with Crippen LogP contribution < -0.4 is 5.32 Å². The number of aliphatic hydroxyl groups is 2. The second-order valence-corrected chi connectivity index (χ2v) is 11.9. The highest BCUT2D eigenvalue weighted by atomic mass is 16.3. The third-order valence-corrected chi connectivity index (χ3v) is 7.39. The number of allylic oxidation sites excluding steroid dienone is 21. The number of rotatable bonds is 31. The van der Waals surface area contributed by atoms with Crippen LogP contribution in [0.25, 0.3) is 0 Å². The van der Waals surface area contributed by atoms with Crippen LogP contribution >= 0.6 is 0 Å². The van der Waals surface area contributed by atoms with Gasteiger partial charge in [0, 0.05) is 6.42 Å². The molecule has 0 bridgehead atoms. The van der Waals surface area contributed by atoms with Gasteiger partial charge in [-0.25, -0.2) is 0 Å². The van der Waals surface area contributed by atoms with Gasteiger partial charge in [-0.05, 0) is 89.9 Å². The monoisotopic (exact) mass is 672 g/mol. The Morgan fingerprint density at radius 3 is 1.24 bits per heavy atom. The molecule has 2 unspecified atom stereocenters. The molecule has 0 saturated carbocycles. The van der Waals surface area contributed by atoms with E-state index >= 15 is 0 Å². The van der Waals surface area contributed by atoms with Crippen molar-refractivity contribution >= 4 is 5.91 Å². The summed E-state index contributed by atoms with van der Waals surface area (Å²) in [6, 6.07) is -0.651. The zero-order valence-corrected chi connectivity index (χ0v) is 30.9. The molecular formula is C45H69NO3. The lowest BCUT2D eigenvalue weighted by atomic mass is 10.1. The van der Waals surface area contributed by atoms with Crippen molar-refractivity contribution in [3.63, 3.8) is 0 Å². The average molecular weight is 672 g/mol. The van der Waals surface area contributed by atoms with E-state index in [4.69, 9.17) is 0 Å². The molecule has 0 fully saturated rings. The summed E-state index contributed by atoms with van der Waals surface area (Å²) in [6.07, 6.45) is 63.0. The van der Waals surface area contributed by atoms with Crippen LogP contribution in [0.4, 0.5) is 0 Å². The fraction of sp³-hybridized carbons (Fsp3) is 0.489. The molecule has 4 nitrogen and oxygen atoms in total. The minimum absolute atomic E-state index is 0.125. The first kappa shape index (κ1) is 45.5. The van der Waals surface area contributed by atoms with Crippen molar-refractivity contribution in [2.75, 3.05) is 6.61 Å². The van der Waals surface area contributed by atoms with E-state index in [2.05, 4.69) is 141 Å². The maximum Gasteiger partial charge on any atom is 0.220 e. The Bertz CT molecular complexity index is 1080. The summed E-state index contributed by atoms with van der Waals surface area (Å²) >= 11 is 0. The highest BCUT2D eigenvalue weighted by Gasteiger charge is 2.17. The van der Waals surface area contributed by atoms with Crippen molar-refractivity contribution in [2.24, 2.45) is 0 Å². The largest absolute Gasteiger partial charge is 0.394 e. The molecule has 49 heavy (non-hydrogen) atoms.